The average molecular weight is 407 g/mol. The molecule has 0 aliphatic carbocycles. The highest BCUT2D eigenvalue weighted by molar-refractivity contribution is 6.34. The van der Waals surface area contributed by atoms with E-state index in [1.165, 1.54) is 27.4 Å². The molecule has 0 heterocycles. The summed E-state index contributed by atoms with van der Waals surface area (Å²) in [4.78, 5) is 24.8. The van der Waals surface area contributed by atoms with Crippen molar-refractivity contribution in [2.24, 2.45) is 0 Å². The lowest BCUT2D eigenvalue weighted by Gasteiger charge is -2.15. The first kappa shape index (κ1) is 21.4. The van der Waals surface area contributed by atoms with Gasteiger partial charge in [0.2, 0.25) is 5.75 Å². The molecule has 0 unspecified atom stereocenters. The summed E-state index contributed by atoms with van der Waals surface area (Å²) in [6, 6.07) is 7.88. The smallest absolute Gasteiger partial charge is 0.259 e. The van der Waals surface area contributed by atoms with Crippen molar-refractivity contribution in [3.05, 3.63) is 46.5 Å². The van der Waals surface area contributed by atoms with Crippen molar-refractivity contribution in [1.82, 2.24) is 5.32 Å². The van der Waals surface area contributed by atoms with E-state index in [2.05, 4.69) is 10.6 Å². The molecule has 0 spiro atoms. The summed E-state index contributed by atoms with van der Waals surface area (Å²) in [5.74, 6) is 0.337. The van der Waals surface area contributed by atoms with Crippen molar-refractivity contribution >= 4 is 29.1 Å². The van der Waals surface area contributed by atoms with Gasteiger partial charge in [0.25, 0.3) is 11.8 Å². The second-order valence-corrected chi connectivity index (χ2v) is 6.19. The van der Waals surface area contributed by atoms with Gasteiger partial charge in [-0.1, -0.05) is 18.5 Å². The second kappa shape index (κ2) is 9.85. The Bertz CT molecular complexity index is 870. The van der Waals surface area contributed by atoms with Crippen LogP contribution in [0, 0.1) is 0 Å². The summed E-state index contributed by atoms with van der Waals surface area (Å²) >= 11 is 6.21. The van der Waals surface area contributed by atoms with Gasteiger partial charge in [-0.3, -0.25) is 9.59 Å². The molecule has 0 aliphatic rings. The highest BCUT2D eigenvalue weighted by Gasteiger charge is 2.21. The minimum atomic E-state index is -0.419. The maximum absolute atomic E-state index is 12.7. The molecule has 0 aromatic heterocycles. The first-order valence-corrected chi connectivity index (χ1v) is 9.02. The van der Waals surface area contributed by atoms with Gasteiger partial charge in [-0.25, -0.2) is 0 Å². The third-order valence-electron chi connectivity index (χ3n) is 3.96. The fourth-order valence-corrected chi connectivity index (χ4v) is 2.86. The van der Waals surface area contributed by atoms with E-state index in [0.29, 0.717) is 29.3 Å². The predicted octanol–water partition coefficient (Wildman–Crippen LogP) is 3.76. The number of methoxy groups -OCH3 is 3. The van der Waals surface area contributed by atoms with E-state index in [1.54, 1.807) is 24.3 Å². The third kappa shape index (κ3) is 4.67. The molecule has 28 heavy (non-hydrogen) atoms. The van der Waals surface area contributed by atoms with Crippen LogP contribution in [-0.4, -0.2) is 39.7 Å². The molecule has 0 fully saturated rings. The van der Waals surface area contributed by atoms with E-state index in [9.17, 15) is 9.59 Å². The van der Waals surface area contributed by atoms with Crippen molar-refractivity contribution in [2.75, 3.05) is 33.2 Å². The fourth-order valence-electron chi connectivity index (χ4n) is 2.59. The monoisotopic (exact) mass is 406 g/mol. The lowest BCUT2D eigenvalue weighted by atomic mass is 10.1. The number of anilines is 1. The van der Waals surface area contributed by atoms with Crippen LogP contribution in [-0.2, 0) is 0 Å². The maximum Gasteiger partial charge on any atom is 0.259 e. The molecular formula is C20H23ClN2O5. The Hall–Kier alpha value is -2.93. The maximum atomic E-state index is 12.7. The number of ether oxygens (including phenoxy) is 3. The molecule has 0 aliphatic heterocycles. The summed E-state index contributed by atoms with van der Waals surface area (Å²) in [5, 5.41) is 5.74. The topological polar surface area (TPSA) is 85.9 Å². The van der Waals surface area contributed by atoms with Gasteiger partial charge in [0.05, 0.1) is 37.5 Å². The number of benzene rings is 2. The number of rotatable bonds is 8. The van der Waals surface area contributed by atoms with Gasteiger partial charge in [0.1, 0.15) is 0 Å². The van der Waals surface area contributed by atoms with Gasteiger partial charge in [-0.2, -0.15) is 0 Å². The Balaban J connectivity index is 2.26. The molecule has 2 amide bonds. The molecule has 2 N–H and O–H groups in total. The van der Waals surface area contributed by atoms with Gasteiger partial charge < -0.3 is 24.8 Å². The van der Waals surface area contributed by atoms with Crippen LogP contribution in [0.2, 0.25) is 5.02 Å². The summed E-state index contributed by atoms with van der Waals surface area (Å²) in [5.41, 5.74) is 1.05. The zero-order valence-corrected chi connectivity index (χ0v) is 17.0. The SMILES string of the molecule is CCCNC(=O)c1ccc(NC(=O)c2ccc(OC)c(OC)c2OC)cc1Cl. The van der Waals surface area contributed by atoms with Crippen LogP contribution >= 0.6 is 11.6 Å². The molecule has 8 heteroatoms. The molecule has 0 radical (unpaired) electrons. The number of hydrogen-bond donors (Lipinski definition) is 2. The molecule has 0 bridgehead atoms. The summed E-state index contributed by atoms with van der Waals surface area (Å²) < 4.78 is 15.9. The van der Waals surface area contributed by atoms with Crippen molar-refractivity contribution in [3.63, 3.8) is 0 Å². The van der Waals surface area contributed by atoms with Crippen LogP contribution in [0.25, 0.3) is 0 Å². The Morgan fingerprint density at radius 2 is 1.61 bits per heavy atom. The van der Waals surface area contributed by atoms with Gasteiger partial charge in [0, 0.05) is 12.2 Å². The van der Waals surface area contributed by atoms with Gasteiger partial charge >= 0.3 is 0 Å². The van der Waals surface area contributed by atoms with E-state index in [0.717, 1.165) is 6.42 Å². The van der Waals surface area contributed by atoms with Crippen LogP contribution in [0.15, 0.2) is 30.3 Å². The number of halogens is 1. The third-order valence-corrected chi connectivity index (χ3v) is 4.27. The fraction of sp³-hybridized carbons (Fsp3) is 0.300. The van der Waals surface area contributed by atoms with Crippen LogP contribution in [0.3, 0.4) is 0 Å². The predicted molar refractivity (Wildman–Crippen MR) is 108 cm³/mol. The highest BCUT2D eigenvalue weighted by atomic mass is 35.5. The lowest BCUT2D eigenvalue weighted by Crippen LogP contribution is -2.24. The standard InChI is InChI=1S/C20H23ClN2O5/c1-5-10-22-19(24)13-7-6-12(11-15(13)21)23-20(25)14-8-9-16(26-2)18(28-4)17(14)27-3/h6-9,11H,5,10H2,1-4H3,(H,22,24)(H,23,25). The summed E-state index contributed by atoms with van der Waals surface area (Å²) in [6.45, 7) is 2.52. The molecule has 0 atom stereocenters. The zero-order chi connectivity index (χ0) is 20.7. The van der Waals surface area contributed by atoms with Crippen molar-refractivity contribution in [1.29, 1.82) is 0 Å². The van der Waals surface area contributed by atoms with E-state index in [4.69, 9.17) is 25.8 Å². The summed E-state index contributed by atoms with van der Waals surface area (Å²) in [7, 11) is 4.40. The molecular weight excluding hydrogens is 384 g/mol. The van der Waals surface area contributed by atoms with Crippen LogP contribution in [0.5, 0.6) is 17.2 Å². The quantitative estimate of drug-likeness (QED) is 0.697. The number of hydrogen-bond acceptors (Lipinski definition) is 5. The first-order valence-electron chi connectivity index (χ1n) is 8.64. The Morgan fingerprint density at radius 3 is 2.18 bits per heavy atom. The number of nitrogens with one attached hydrogen (secondary N) is 2. The van der Waals surface area contributed by atoms with Gasteiger partial charge in [0.15, 0.2) is 11.5 Å². The molecule has 2 aromatic carbocycles. The number of amides is 2. The average Bonchev–Trinajstić information content (AvgIpc) is 2.70. The van der Waals surface area contributed by atoms with E-state index < -0.39 is 5.91 Å². The second-order valence-electron chi connectivity index (χ2n) is 5.79. The Morgan fingerprint density at radius 1 is 0.929 bits per heavy atom. The highest BCUT2D eigenvalue weighted by Crippen LogP contribution is 2.40. The summed E-state index contributed by atoms with van der Waals surface area (Å²) in [6.07, 6.45) is 0.824. The van der Waals surface area contributed by atoms with Crippen molar-refractivity contribution in [2.45, 2.75) is 13.3 Å². The van der Waals surface area contributed by atoms with Crippen LogP contribution in [0.4, 0.5) is 5.69 Å². The molecule has 7 nitrogen and oxygen atoms in total. The normalized spacial score (nSPS) is 10.2. The van der Waals surface area contributed by atoms with E-state index in [-0.39, 0.29) is 22.2 Å². The minimum Gasteiger partial charge on any atom is -0.493 e. The Kier molecular flexibility index (Phi) is 7.52. The van der Waals surface area contributed by atoms with Crippen LogP contribution in [0.1, 0.15) is 34.1 Å². The first-order chi connectivity index (χ1) is 13.5. The van der Waals surface area contributed by atoms with Crippen molar-refractivity contribution < 1.29 is 23.8 Å². The molecule has 2 aromatic rings. The number of carbonyl (C=O) groups excluding carboxylic acids is 2. The van der Waals surface area contributed by atoms with E-state index in [1.807, 2.05) is 6.92 Å². The largest absolute Gasteiger partial charge is 0.493 e. The Labute approximate surface area is 168 Å². The van der Waals surface area contributed by atoms with Gasteiger partial charge in [-0.15, -0.1) is 0 Å². The molecule has 0 saturated carbocycles. The van der Waals surface area contributed by atoms with E-state index >= 15 is 0 Å². The zero-order valence-electron chi connectivity index (χ0n) is 16.2. The molecule has 2 rings (SSSR count). The minimum absolute atomic E-state index is 0.241. The number of carbonyl (C=O) groups is 2. The molecule has 150 valence electrons. The van der Waals surface area contributed by atoms with Crippen LogP contribution < -0.4 is 24.8 Å². The molecule has 0 saturated heterocycles. The van der Waals surface area contributed by atoms with Gasteiger partial charge in [-0.05, 0) is 36.8 Å². The lowest BCUT2D eigenvalue weighted by molar-refractivity contribution is 0.0953. The van der Waals surface area contributed by atoms with Crippen molar-refractivity contribution in [3.8, 4) is 17.2 Å².